The maximum Gasteiger partial charge on any atom is 0.267 e. The standard InChI is InChI=1S/C20H18N6O2S/c1-10-15(11(2)26(25-10)7-12-8-29-9-23-12)17-16(19(21)27)13-5-3-4-6-14(13)24-18(17)20(22)28/h3-6,8-9H,7H2,1-2H3,(H2,21,27)(H2,22,28). The van der Waals surface area contributed by atoms with Gasteiger partial charge in [-0.1, -0.05) is 18.2 Å². The predicted molar refractivity (Wildman–Crippen MR) is 111 cm³/mol. The highest BCUT2D eigenvalue weighted by atomic mass is 32.1. The molecule has 0 spiro atoms. The number of benzene rings is 1. The van der Waals surface area contributed by atoms with E-state index in [1.807, 2.05) is 19.2 Å². The van der Waals surface area contributed by atoms with Crippen molar-refractivity contribution in [3.05, 3.63) is 63.5 Å². The molecule has 0 aliphatic heterocycles. The topological polar surface area (TPSA) is 130 Å². The molecule has 146 valence electrons. The normalized spacial score (nSPS) is 11.1. The summed E-state index contributed by atoms with van der Waals surface area (Å²) < 4.78 is 1.78. The number of rotatable bonds is 5. The third-order valence-corrected chi connectivity index (χ3v) is 5.43. The van der Waals surface area contributed by atoms with Crippen molar-refractivity contribution < 1.29 is 9.59 Å². The molecular formula is C20H18N6O2S. The molecule has 0 saturated heterocycles. The van der Waals surface area contributed by atoms with Crippen LogP contribution in [0.4, 0.5) is 0 Å². The van der Waals surface area contributed by atoms with Gasteiger partial charge in [0.05, 0.1) is 34.5 Å². The van der Waals surface area contributed by atoms with Crippen LogP contribution in [0.15, 0.2) is 35.2 Å². The number of pyridine rings is 1. The molecule has 29 heavy (non-hydrogen) atoms. The van der Waals surface area contributed by atoms with E-state index in [-0.39, 0.29) is 11.3 Å². The lowest BCUT2D eigenvalue weighted by Gasteiger charge is -2.14. The van der Waals surface area contributed by atoms with Crippen molar-refractivity contribution in [2.24, 2.45) is 11.5 Å². The van der Waals surface area contributed by atoms with Gasteiger partial charge < -0.3 is 11.5 Å². The average Bonchev–Trinajstić information content (AvgIpc) is 3.28. The Kier molecular flexibility index (Phi) is 4.59. The van der Waals surface area contributed by atoms with E-state index >= 15 is 0 Å². The fourth-order valence-corrected chi connectivity index (χ4v) is 4.12. The summed E-state index contributed by atoms with van der Waals surface area (Å²) >= 11 is 1.50. The molecule has 0 aliphatic carbocycles. The minimum atomic E-state index is -0.737. The molecule has 4 aromatic rings. The van der Waals surface area contributed by atoms with Crippen molar-refractivity contribution in [2.45, 2.75) is 20.4 Å². The summed E-state index contributed by atoms with van der Waals surface area (Å²) in [5, 5.41) is 7.09. The van der Waals surface area contributed by atoms with Crippen LogP contribution in [-0.4, -0.2) is 31.6 Å². The molecule has 0 saturated carbocycles. The number of fused-ring (bicyclic) bond motifs is 1. The second kappa shape index (κ2) is 7.10. The van der Waals surface area contributed by atoms with Crippen molar-refractivity contribution in [3.63, 3.8) is 0 Å². The maximum absolute atomic E-state index is 12.5. The molecule has 0 aliphatic rings. The van der Waals surface area contributed by atoms with Gasteiger partial charge in [-0.25, -0.2) is 9.97 Å². The molecular weight excluding hydrogens is 388 g/mol. The Labute approximate surface area is 170 Å². The van der Waals surface area contributed by atoms with Gasteiger partial charge in [0.1, 0.15) is 5.69 Å². The third kappa shape index (κ3) is 3.15. The third-order valence-electron chi connectivity index (χ3n) is 4.80. The Bertz CT molecular complexity index is 1260. The molecule has 1 aromatic carbocycles. The van der Waals surface area contributed by atoms with Crippen molar-refractivity contribution in [3.8, 4) is 11.1 Å². The van der Waals surface area contributed by atoms with E-state index in [2.05, 4.69) is 15.1 Å². The van der Waals surface area contributed by atoms with Crippen LogP contribution < -0.4 is 11.5 Å². The van der Waals surface area contributed by atoms with Crippen LogP contribution in [0.5, 0.6) is 0 Å². The SMILES string of the molecule is Cc1nn(Cc2cscn2)c(C)c1-c1c(C(N)=O)nc2ccccc2c1C(N)=O. The van der Waals surface area contributed by atoms with Gasteiger partial charge in [-0.15, -0.1) is 11.3 Å². The smallest absolute Gasteiger partial charge is 0.267 e. The number of para-hydroxylation sites is 1. The quantitative estimate of drug-likeness (QED) is 0.526. The lowest BCUT2D eigenvalue weighted by molar-refractivity contribution is 0.0996. The van der Waals surface area contributed by atoms with Gasteiger partial charge in [-0.2, -0.15) is 5.10 Å². The second-order valence-corrected chi connectivity index (χ2v) is 7.36. The summed E-state index contributed by atoms with van der Waals surface area (Å²) in [6, 6.07) is 7.02. The minimum Gasteiger partial charge on any atom is -0.366 e. The van der Waals surface area contributed by atoms with Crippen LogP contribution in [-0.2, 0) is 6.54 Å². The number of thiazole rings is 1. The van der Waals surface area contributed by atoms with E-state index in [0.29, 0.717) is 34.3 Å². The zero-order chi connectivity index (χ0) is 20.7. The number of hydrogen-bond acceptors (Lipinski definition) is 6. The first-order valence-electron chi connectivity index (χ1n) is 8.82. The average molecular weight is 406 g/mol. The fraction of sp³-hybridized carbons (Fsp3) is 0.150. The number of amides is 2. The van der Waals surface area contributed by atoms with Crippen molar-refractivity contribution in [1.29, 1.82) is 0 Å². The Balaban J connectivity index is 2.04. The predicted octanol–water partition coefficient (Wildman–Crippen LogP) is 2.42. The largest absolute Gasteiger partial charge is 0.366 e. The van der Waals surface area contributed by atoms with E-state index in [9.17, 15) is 9.59 Å². The van der Waals surface area contributed by atoms with E-state index in [1.165, 1.54) is 11.3 Å². The van der Waals surface area contributed by atoms with Crippen LogP contribution >= 0.6 is 11.3 Å². The summed E-state index contributed by atoms with van der Waals surface area (Å²) in [6.07, 6.45) is 0. The van der Waals surface area contributed by atoms with E-state index < -0.39 is 11.8 Å². The van der Waals surface area contributed by atoms with Gasteiger partial charge in [0.15, 0.2) is 0 Å². The van der Waals surface area contributed by atoms with Crippen LogP contribution in [0, 0.1) is 13.8 Å². The number of aromatic nitrogens is 4. The Morgan fingerprint density at radius 1 is 1.10 bits per heavy atom. The summed E-state index contributed by atoms with van der Waals surface area (Å²) in [7, 11) is 0. The van der Waals surface area contributed by atoms with Crippen LogP contribution in [0.2, 0.25) is 0 Å². The number of primary amides is 2. The summed E-state index contributed by atoms with van der Waals surface area (Å²) in [6.45, 7) is 4.14. The van der Waals surface area contributed by atoms with Crippen molar-refractivity contribution in [1.82, 2.24) is 19.7 Å². The number of hydrogen-bond donors (Lipinski definition) is 2. The van der Waals surface area contributed by atoms with Crippen LogP contribution in [0.25, 0.3) is 22.0 Å². The lowest BCUT2D eigenvalue weighted by Crippen LogP contribution is -2.21. The molecule has 3 heterocycles. The number of carbonyl (C=O) groups is 2. The zero-order valence-electron chi connectivity index (χ0n) is 15.8. The molecule has 2 amide bonds. The molecule has 3 aromatic heterocycles. The number of aryl methyl sites for hydroxylation is 1. The van der Waals surface area contributed by atoms with E-state index in [0.717, 1.165) is 11.4 Å². The highest BCUT2D eigenvalue weighted by molar-refractivity contribution is 7.07. The number of nitrogens with two attached hydrogens (primary N) is 2. The van der Waals surface area contributed by atoms with Crippen molar-refractivity contribution in [2.75, 3.05) is 0 Å². The van der Waals surface area contributed by atoms with Gasteiger partial charge in [0.25, 0.3) is 5.91 Å². The molecule has 0 atom stereocenters. The molecule has 4 rings (SSSR count). The molecule has 9 heteroatoms. The molecule has 0 fully saturated rings. The first kappa shape index (κ1) is 18.8. The zero-order valence-corrected chi connectivity index (χ0v) is 16.7. The van der Waals surface area contributed by atoms with E-state index in [1.54, 1.807) is 34.5 Å². The minimum absolute atomic E-state index is 0.00286. The van der Waals surface area contributed by atoms with Crippen LogP contribution in [0.1, 0.15) is 37.9 Å². The Morgan fingerprint density at radius 3 is 2.52 bits per heavy atom. The number of nitrogens with zero attached hydrogens (tertiary/aromatic N) is 4. The lowest BCUT2D eigenvalue weighted by atomic mass is 9.92. The molecule has 0 bridgehead atoms. The first-order chi connectivity index (χ1) is 13.9. The van der Waals surface area contributed by atoms with Gasteiger partial charge in [0.2, 0.25) is 5.91 Å². The van der Waals surface area contributed by atoms with Crippen LogP contribution in [0.3, 0.4) is 0 Å². The maximum atomic E-state index is 12.5. The Morgan fingerprint density at radius 2 is 1.86 bits per heavy atom. The molecule has 8 nitrogen and oxygen atoms in total. The molecule has 4 N–H and O–H groups in total. The second-order valence-electron chi connectivity index (χ2n) is 6.64. The summed E-state index contributed by atoms with van der Waals surface area (Å²) in [4.78, 5) is 33.5. The fourth-order valence-electron chi connectivity index (χ4n) is 3.57. The molecule has 0 radical (unpaired) electrons. The van der Waals surface area contributed by atoms with Gasteiger partial charge >= 0.3 is 0 Å². The number of carbonyl (C=O) groups excluding carboxylic acids is 2. The monoisotopic (exact) mass is 406 g/mol. The van der Waals surface area contributed by atoms with E-state index in [4.69, 9.17) is 11.5 Å². The summed E-state index contributed by atoms with van der Waals surface area (Å²) in [5.41, 5.74) is 17.0. The first-order valence-corrected chi connectivity index (χ1v) is 9.76. The highest BCUT2D eigenvalue weighted by Crippen LogP contribution is 2.36. The van der Waals surface area contributed by atoms with Gasteiger partial charge in [-0.3, -0.25) is 14.3 Å². The highest BCUT2D eigenvalue weighted by Gasteiger charge is 2.27. The van der Waals surface area contributed by atoms with Gasteiger partial charge in [0, 0.05) is 27.6 Å². The Hall–Kier alpha value is -3.59. The van der Waals surface area contributed by atoms with Gasteiger partial charge in [-0.05, 0) is 19.9 Å². The molecule has 0 unspecified atom stereocenters. The summed E-state index contributed by atoms with van der Waals surface area (Å²) in [5.74, 6) is -1.40. The van der Waals surface area contributed by atoms with Crippen molar-refractivity contribution >= 4 is 34.1 Å².